The predicted octanol–water partition coefficient (Wildman–Crippen LogP) is 3.12. The van der Waals surface area contributed by atoms with Crippen molar-refractivity contribution in [3.05, 3.63) is 41.7 Å². The van der Waals surface area contributed by atoms with E-state index < -0.39 is 0 Å². The molecule has 1 aliphatic heterocycles. The van der Waals surface area contributed by atoms with Crippen LogP contribution in [0.15, 0.2) is 30.3 Å². The largest absolute Gasteiger partial charge is 0.450 e. The van der Waals surface area contributed by atoms with Gasteiger partial charge in [-0.2, -0.15) is 0 Å². The Morgan fingerprint density at radius 2 is 1.88 bits per heavy atom. The Bertz CT molecular complexity index is 772. The number of carbonyl (C=O) groups is 1. The quantitative estimate of drug-likeness (QED) is 0.909. The highest BCUT2D eigenvalue weighted by Gasteiger charge is 2.23. The summed E-state index contributed by atoms with van der Waals surface area (Å²) in [7, 11) is 0. The van der Waals surface area contributed by atoms with Crippen molar-refractivity contribution in [3.8, 4) is 0 Å². The lowest BCUT2D eigenvalue weighted by atomic mass is 10.2. The molecule has 0 atom stereocenters. The number of aryl methyl sites for hydroxylation is 2. The van der Waals surface area contributed by atoms with E-state index in [1.54, 1.807) is 4.90 Å². The Labute approximate surface area is 154 Å². The van der Waals surface area contributed by atoms with Crippen molar-refractivity contribution in [2.24, 2.45) is 0 Å². The van der Waals surface area contributed by atoms with Crippen LogP contribution < -0.4 is 10.2 Å². The smallest absolute Gasteiger partial charge is 0.409 e. The molecule has 3 rings (SSSR count). The molecule has 0 radical (unpaired) electrons. The highest BCUT2D eigenvalue weighted by Crippen LogP contribution is 2.23. The Hall–Kier alpha value is -2.83. The van der Waals surface area contributed by atoms with Crippen molar-refractivity contribution < 1.29 is 9.53 Å². The lowest BCUT2D eigenvalue weighted by molar-refractivity contribution is 0.105. The summed E-state index contributed by atoms with van der Waals surface area (Å²) in [5.41, 5.74) is 2.19. The van der Waals surface area contributed by atoms with E-state index >= 15 is 0 Å². The van der Waals surface area contributed by atoms with Crippen LogP contribution in [-0.2, 0) is 4.74 Å². The Morgan fingerprint density at radius 1 is 1.15 bits per heavy atom. The SMILES string of the molecule is CCOC(=O)N1CCN(c2cc(Nc3ccccc3C)nc(C)n2)CC1. The number of ether oxygens (including phenoxy) is 1. The monoisotopic (exact) mass is 355 g/mol. The number of aromatic nitrogens is 2. The van der Waals surface area contributed by atoms with Gasteiger partial charge >= 0.3 is 6.09 Å². The first kappa shape index (κ1) is 18.0. The van der Waals surface area contributed by atoms with Gasteiger partial charge in [-0.15, -0.1) is 0 Å². The third kappa shape index (κ3) is 4.22. The van der Waals surface area contributed by atoms with Crippen molar-refractivity contribution in [3.63, 3.8) is 0 Å². The van der Waals surface area contributed by atoms with Crippen LogP contribution in [0.5, 0.6) is 0 Å². The third-order valence-electron chi connectivity index (χ3n) is 4.36. The topological polar surface area (TPSA) is 70.6 Å². The van der Waals surface area contributed by atoms with Crippen molar-refractivity contribution in [1.29, 1.82) is 0 Å². The summed E-state index contributed by atoms with van der Waals surface area (Å²) < 4.78 is 5.07. The van der Waals surface area contributed by atoms with Crippen molar-refractivity contribution in [2.45, 2.75) is 20.8 Å². The predicted molar refractivity (Wildman–Crippen MR) is 102 cm³/mol. The lowest BCUT2D eigenvalue weighted by Gasteiger charge is -2.34. The van der Waals surface area contributed by atoms with Gasteiger partial charge in [-0.25, -0.2) is 14.8 Å². The van der Waals surface area contributed by atoms with Gasteiger partial charge in [0.1, 0.15) is 17.5 Å². The fourth-order valence-electron chi connectivity index (χ4n) is 2.96. The Kier molecular flexibility index (Phi) is 5.55. The summed E-state index contributed by atoms with van der Waals surface area (Å²) in [6.07, 6.45) is -0.243. The molecule has 2 aromatic rings. The van der Waals surface area contributed by atoms with E-state index in [0.29, 0.717) is 25.5 Å². The van der Waals surface area contributed by atoms with Gasteiger partial charge in [-0.05, 0) is 32.4 Å². The summed E-state index contributed by atoms with van der Waals surface area (Å²) >= 11 is 0. The standard InChI is InChI=1S/C19H25N5O2/c1-4-26-19(25)24-11-9-23(10-12-24)18-13-17(20-15(3)21-18)22-16-8-6-5-7-14(16)2/h5-8,13H,4,9-12H2,1-3H3,(H,20,21,22). The zero-order valence-corrected chi connectivity index (χ0v) is 15.5. The molecule has 0 saturated carbocycles. The number of amides is 1. The van der Waals surface area contributed by atoms with Gasteiger partial charge in [-0.1, -0.05) is 18.2 Å². The van der Waals surface area contributed by atoms with E-state index in [4.69, 9.17) is 4.74 Å². The fraction of sp³-hybridized carbons (Fsp3) is 0.421. The minimum atomic E-state index is -0.243. The number of hydrogen-bond acceptors (Lipinski definition) is 6. The maximum Gasteiger partial charge on any atom is 0.409 e. The molecular formula is C19H25N5O2. The van der Waals surface area contributed by atoms with E-state index in [-0.39, 0.29) is 6.09 Å². The Morgan fingerprint density at radius 3 is 2.58 bits per heavy atom. The van der Waals surface area contributed by atoms with E-state index in [2.05, 4.69) is 33.2 Å². The zero-order valence-electron chi connectivity index (χ0n) is 15.5. The molecule has 26 heavy (non-hydrogen) atoms. The molecule has 0 spiro atoms. The molecule has 7 nitrogen and oxygen atoms in total. The van der Waals surface area contributed by atoms with Gasteiger partial charge in [-0.3, -0.25) is 0 Å². The number of piperazine rings is 1. The number of hydrogen-bond donors (Lipinski definition) is 1. The van der Waals surface area contributed by atoms with Crippen molar-refractivity contribution >= 4 is 23.4 Å². The van der Waals surface area contributed by atoms with E-state index in [0.717, 1.165) is 36.0 Å². The number of nitrogens with zero attached hydrogens (tertiary/aromatic N) is 4. The van der Waals surface area contributed by atoms with Gasteiger partial charge in [0.25, 0.3) is 0 Å². The molecule has 0 aliphatic carbocycles. The number of rotatable bonds is 4. The second-order valence-corrected chi connectivity index (χ2v) is 6.27. The van der Waals surface area contributed by atoms with Gasteiger partial charge in [0.15, 0.2) is 0 Å². The molecular weight excluding hydrogens is 330 g/mol. The summed E-state index contributed by atoms with van der Waals surface area (Å²) in [6.45, 7) is 8.87. The van der Waals surface area contributed by atoms with Crippen LogP contribution in [0.4, 0.5) is 22.1 Å². The molecule has 1 fully saturated rings. The average molecular weight is 355 g/mol. The third-order valence-corrected chi connectivity index (χ3v) is 4.36. The summed E-state index contributed by atoms with van der Waals surface area (Å²) in [5, 5.41) is 3.37. The van der Waals surface area contributed by atoms with Crippen LogP contribution >= 0.6 is 0 Å². The molecule has 1 aliphatic rings. The maximum atomic E-state index is 11.8. The van der Waals surface area contributed by atoms with Gasteiger partial charge in [0, 0.05) is 37.9 Å². The van der Waals surface area contributed by atoms with Crippen LogP contribution in [0.25, 0.3) is 0 Å². The van der Waals surface area contributed by atoms with Gasteiger partial charge < -0.3 is 19.9 Å². The van der Waals surface area contributed by atoms with Crippen LogP contribution in [0.3, 0.4) is 0 Å². The Balaban J connectivity index is 1.71. The highest BCUT2D eigenvalue weighted by molar-refractivity contribution is 5.68. The first-order chi connectivity index (χ1) is 12.6. The molecule has 1 aromatic heterocycles. The number of nitrogens with one attached hydrogen (secondary N) is 1. The maximum absolute atomic E-state index is 11.8. The number of anilines is 3. The molecule has 0 bridgehead atoms. The lowest BCUT2D eigenvalue weighted by Crippen LogP contribution is -2.49. The molecule has 1 aromatic carbocycles. The van der Waals surface area contributed by atoms with Crippen molar-refractivity contribution in [2.75, 3.05) is 43.0 Å². The van der Waals surface area contributed by atoms with E-state index in [9.17, 15) is 4.79 Å². The van der Waals surface area contributed by atoms with E-state index in [1.165, 1.54) is 0 Å². The second-order valence-electron chi connectivity index (χ2n) is 6.27. The molecule has 0 unspecified atom stereocenters. The minimum absolute atomic E-state index is 0.243. The van der Waals surface area contributed by atoms with Crippen LogP contribution in [-0.4, -0.2) is 53.7 Å². The molecule has 2 heterocycles. The number of carbonyl (C=O) groups excluding carboxylic acids is 1. The number of benzene rings is 1. The summed E-state index contributed by atoms with van der Waals surface area (Å²) in [4.78, 5) is 24.8. The minimum Gasteiger partial charge on any atom is -0.450 e. The molecule has 7 heteroatoms. The fourth-order valence-corrected chi connectivity index (χ4v) is 2.96. The first-order valence-electron chi connectivity index (χ1n) is 8.92. The zero-order chi connectivity index (χ0) is 18.5. The van der Waals surface area contributed by atoms with E-state index in [1.807, 2.05) is 38.1 Å². The average Bonchev–Trinajstić information content (AvgIpc) is 2.63. The first-order valence-corrected chi connectivity index (χ1v) is 8.92. The van der Waals surface area contributed by atoms with Crippen LogP contribution in [0.1, 0.15) is 18.3 Å². The summed E-state index contributed by atoms with van der Waals surface area (Å²) in [5.74, 6) is 2.36. The van der Waals surface area contributed by atoms with Crippen LogP contribution in [0.2, 0.25) is 0 Å². The van der Waals surface area contributed by atoms with Gasteiger partial charge in [0.05, 0.1) is 6.61 Å². The van der Waals surface area contributed by atoms with Crippen molar-refractivity contribution in [1.82, 2.24) is 14.9 Å². The highest BCUT2D eigenvalue weighted by atomic mass is 16.6. The number of para-hydroxylation sites is 1. The molecule has 1 amide bonds. The second kappa shape index (κ2) is 8.03. The normalized spacial score (nSPS) is 14.3. The summed E-state index contributed by atoms with van der Waals surface area (Å²) in [6, 6.07) is 10.1. The molecule has 1 saturated heterocycles. The molecule has 1 N–H and O–H groups in total. The van der Waals surface area contributed by atoms with Gasteiger partial charge in [0.2, 0.25) is 0 Å². The van der Waals surface area contributed by atoms with Crippen LogP contribution in [0, 0.1) is 13.8 Å². The molecule has 138 valence electrons.